The summed E-state index contributed by atoms with van der Waals surface area (Å²) in [7, 11) is 0. The van der Waals surface area contributed by atoms with E-state index in [1.54, 1.807) is 0 Å². The first-order valence-electron chi connectivity index (χ1n) is 10.3. The van der Waals surface area contributed by atoms with Crippen LogP contribution in [0, 0.1) is 5.82 Å². The number of aromatic carboxylic acids is 1. The SMILES string of the molecule is C[C@@H](NC(=O)OCC1c2ccccc2-c2ccccc21)C(=O)Nc1cccc(F)c1C(=O)O. The van der Waals surface area contributed by atoms with Gasteiger partial charge in [-0.15, -0.1) is 0 Å². The maximum Gasteiger partial charge on any atom is 0.407 e. The van der Waals surface area contributed by atoms with Gasteiger partial charge in [-0.05, 0) is 41.3 Å². The molecule has 0 heterocycles. The number of alkyl carbamates (subject to hydrolysis) is 1. The second-order valence-corrected chi connectivity index (χ2v) is 7.65. The molecule has 0 aliphatic heterocycles. The van der Waals surface area contributed by atoms with Crippen LogP contribution in [0.1, 0.15) is 34.3 Å². The number of benzene rings is 3. The second-order valence-electron chi connectivity index (χ2n) is 7.65. The standard InChI is InChI=1S/C25H21FN2O5/c1-14(23(29)28-21-12-6-11-20(26)22(21)24(30)31)27-25(32)33-13-19-17-9-4-2-7-15(17)16-8-3-5-10-18(16)19/h2-12,14,19H,13H2,1H3,(H,27,32)(H,28,29)(H,30,31)/t14-/m1/s1. The monoisotopic (exact) mass is 448 g/mol. The lowest BCUT2D eigenvalue weighted by Crippen LogP contribution is -2.42. The van der Waals surface area contributed by atoms with Gasteiger partial charge in [0.15, 0.2) is 0 Å². The van der Waals surface area contributed by atoms with Crippen molar-refractivity contribution in [2.75, 3.05) is 11.9 Å². The molecule has 1 atom stereocenters. The smallest absolute Gasteiger partial charge is 0.407 e. The summed E-state index contributed by atoms with van der Waals surface area (Å²) in [5.74, 6) is -3.33. The summed E-state index contributed by atoms with van der Waals surface area (Å²) >= 11 is 0. The summed E-state index contributed by atoms with van der Waals surface area (Å²) in [5.41, 5.74) is 3.46. The minimum absolute atomic E-state index is 0.0846. The zero-order valence-electron chi connectivity index (χ0n) is 17.7. The lowest BCUT2D eigenvalue weighted by atomic mass is 9.98. The maximum atomic E-state index is 13.8. The number of fused-ring (bicyclic) bond motifs is 3. The van der Waals surface area contributed by atoms with Crippen LogP contribution in [0.25, 0.3) is 11.1 Å². The van der Waals surface area contributed by atoms with Gasteiger partial charge in [-0.1, -0.05) is 54.6 Å². The molecule has 1 aliphatic carbocycles. The predicted octanol–water partition coefficient (Wildman–Crippen LogP) is 4.39. The fraction of sp³-hybridized carbons (Fsp3) is 0.160. The van der Waals surface area contributed by atoms with Crippen molar-refractivity contribution < 1.29 is 28.6 Å². The van der Waals surface area contributed by atoms with Gasteiger partial charge in [-0.3, -0.25) is 4.79 Å². The molecule has 4 rings (SSSR count). The van der Waals surface area contributed by atoms with Crippen molar-refractivity contribution in [1.29, 1.82) is 0 Å². The van der Waals surface area contributed by atoms with Crippen LogP contribution in [0.2, 0.25) is 0 Å². The molecule has 0 aromatic heterocycles. The molecule has 33 heavy (non-hydrogen) atoms. The van der Waals surface area contributed by atoms with E-state index in [-0.39, 0.29) is 18.2 Å². The summed E-state index contributed by atoms with van der Waals surface area (Å²) in [6.45, 7) is 1.50. The first kappa shape index (κ1) is 22.0. The zero-order chi connectivity index (χ0) is 23.5. The lowest BCUT2D eigenvalue weighted by Gasteiger charge is -2.17. The number of nitrogens with one attached hydrogen (secondary N) is 2. The highest BCUT2D eigenvalue weighted by Gasteiger charge is 2.29. The minimum atomic E-state index is -1.51. The van der Waals surface area contributed by atoms with E-state index in [2.05, 4.69) is 10.6 Å². The van der Waals surface area contributed by atoms with E-state index in [9.17, 15) is 23.9 Å². The molecule has 3 N–H and O–H groups in total. The Bertz CT molecular complexity index is 1200. The average molecular weight is 448 g/mol. The average Bonchev–Trinajstić information content (AvgIpc) is 3.11. The van der Waals surface area contributed by atoms with Gasteiger partial charge in [-0.25, -0.2) is 14.0 Å². The summed E-state index contributed by atoms with van der Waals surface area (Å²) in [6.07, 6.45) is -0.794. The molecule has 0 saturated heterocycles. The number of anilines is 1. The molecule has 1 aliphatic rings. The zero-order valence-corrected chi connectivity index (χ0v) is 17.7. The molecule has 0 unspecified atom stereocenters. The molecule has 168 valence electrons. The van der Waals surface area contributed by atoms with Gasteiger partial charge >= 0.3 is 12.1 Å². The lowest BCUT2D eigenvalue weighted by molar-refractivity contribution is -0.117. The van der Waals surface area contributed by atoms with Gasteiger partial charge in [0.25, 0.3) is 0 Å². The number of carboxylic acid groups (broad SMARTS) is 1. The first-order valence-corrected chi connectivity index (χ1v) is 10.3. The minimum Gasteiger partial charge on any atom is -0.478 e. The van der Waals surface area contributed by atoms with E-state index in [0.717, 1.165) is 28.3 Å². The van der Waals surface area contributed by atoms with Gasteiger partial charge in [0.1, 0.15) is 24.0 Å². The summed E-state index contributed by atoms with van der Waals surface area (Å²) in [4.78, 5) is 36.1. The summed E-state index contributed by atoms with van der Waals surface area (Å²) < 4.78 is 19.2. The Balaban J connectivity index is 1.39. The number of rotatable bonds is 6. The van der Waals surface area contributed by atoms with Crippen molar-refractivity contribution in [3.05, 3.63) is 89.2 Å². The third-order valence-electron chi connectivity index (χ3n) is 5.56. The molecular formula is C25H21FN2O5. The van der Waals surface area contributed by atoms with E-state index in [1.165, 1.54) is 19.1 Å². The van der Waals surface area contributed by atoms with Crippen LogP contribution in [0.15, 0.2) is 66.7 Å². The largest absolute Gasteiger partial charge is 0.478 e. The van der Waals surface area contributed by atoms with Crippen molar-refractivity contribution in [2.45, 2.75) is 18.9 Å². The fourth-order valence-corrected chi connectivity index (χ4v) is 3.97. The Morgan fingerprint density at radius 2 is 1.58 bits per heavy atom. The van der Waals surface area contributed by atoms with Crippen LogP contribution in [0.4, 0.5) is 14.9 Å². The highest BCUT2D eigenvalue weighted by molar-refractivity contribution is 6.02. The number of carbonyl (C=O) groups excluding carboxylic acids is 2. The van der Waals surface area contributed by atoms with Crippen LogP contribution >= 0.6 is 0 Å². The van der Waals surface area contributed by atoms with Gasteiger partial charge in [-0.2, -0.15) is 0 Å². The highest BCUT2D eigenvalue weighted by atomic mass is 19.1. The van der Waals surface area contributed by atoms with Gasteiger partial charge in [0, 0.05) is 5.92 Å². The van der Waals surface area contributed by atoms with Crippen molar-refractivity contribution in [3.8, 4) is 11.1 Å². The number of carbonyl (C=O) groups is 3. The number of carboxylic acids is 1. The van der Waals surface area contributed by atoms with E-state index < -0.39 is 35.4 Å². The molecule has 3 aromatic carbocycles. The van der Waals surface area contributed by atoms with E-state index >= 15 is 0 Å². The van der Waals surface area contributed by atoms with Crippen molar-refractivity contribution >= 4 is 23.7 Å². The third kappa shape index (κ3) is 4.41. The molecule has 2 amide bonds. The van der Waals surface area contributed by atoms with Crippen molar-refractivity contribution in [2.24, 2.45) is 0 Å². The van der Waals surface area contributed by atoms with Crippen molar-refractivity contribution in [3.63, 3.8) is 0 Å². The molecule has 0 bridgehead atoms. The third-order valence-corrected chi connectivity index (χ3v) is 5.56. The molecule has 3 aromatic rings. The second kappa shape index (κ2) is 9.12. The Labute approximate surface area is 189 Å². The topological polar surface area (TPSA) is 105 Å². The maximum absolute atomic E-state index is 13.8. The molecule has 7 nitrogen and oxygen atoms in total. The number of hydrogen-bond acceptors (Lipinski definition) is 4. The number of amides is 2. The predicted molar refractivity (Wildman–Crippen MR) is 120 cm³/mol. The van der Waals surface area contributed by atoms with E-state index in [0.29, 0.717) is 0 Å². The normalized spacial score (nSPS) is 12.9. The van der Waals surface area contributed by atoms with Gasteiger partial charge in [0.05, 0.1) is 5.69 Å². The van der Waals surface area contributed by atoms with Gasteiger partial charge in [0.2, 0.25) is 5.91 Å². The van der Waals surface area contributed by atoms with Crippen LogP contribution in [-0.2, 0) is 9.53 Å². The van der Waals surface area contributed by atoms with Crippen LogP contribution < -0.4 is 10.6 Å². The first-order chi connectivity index (χ1) is 15.9. The molecule has 8 heteroatoms. The Morgan fingerprint density at radius 1 is 0.970 bits per heavy atom. The summed E-state index contributed by atoms with van der Waals surface area (Å²) in [5, 5.41) is 13.9. The van der Waals surface area contributed by atoms with Gasteiger partial charge < -0.3 is 20.5 Å². The quantitative estimate of drug-likeness (QED) is 0.519. The molecular weight excluding hydrogens is 427 g/mol. The summed E-state index contributed by atoms with van der Waals surface area (Å²) in [6, 6.07) is 18.3. The van der Waals surface area contributed by atoms with E-state index in [1.807, 2.05) is 48.5 Å². The molecule has 0 spiro atoms. The van der Waals surface area contributed by atoms with E-state index in [4.69, 9.17) is 4.74 Å². The van der Waals surface area contributed by atoms with Crippen LogP contribution in [0.3, 0.4) is 0 Å². The number of halogens is 1. The molecule has 0 saturated carbocycles. The van der Waals surface area contributed by atoms with Crippen LogP contribution in [0.5, 0.6) is 0 Å². The Hall–Kier alpha value is -4.20. The molecule has 0 fully saturated rings. The number of ether oxygens (including phenoxy) is 1. The Kier molecular flexibility index (Phi) is 6.08. The van der Waals surface area contributed by atoms with Crippen molar-refractivity contribution in [1.82, 2.24) is 5.32 Å². The van der Waals surface area contributed by atoms with Crippen LogP contribution in [-0.4, -0.2) is 35.7 Å². The molecule has 0 radical (unpaired) electrons. The highest BCUT2D eigenvalue weighted by Crippen LogP contribution is 2.44. The fourth-order valence-electron chi connectivity index (χ4n) is 3.97. The number of hydrogen-bond donors (Lipinski definition) is 3. The Morgan fingerprint density at radius 3 is 2.18 bits per heavy atom.